The normalized spacial score (nSPS) is 11.5. The van der Waals surface area contributed by atoms with E-state index < -0.39 is 0 Å². The average Bonchev–Trinajstić information content (AvgIpc) is 3.03. The number of hydrogen-bond donors (Lipinski definition) is 0. The molecule has 0 amide bonds. The van der Waals surface area contributed by atoms with E-state index in [1.54, 1.807) is 10.6 Å². The van der Waals surface area contributed by atoms with Crippen LogP contribution in [0.15, 0.2) is 53.5 Å². The SMILES string of the molecule is CCn1c2ccccc2n2c(=O)n(Cc3ccccn3)nc12. The van der Waals surface area contributed by atoms with Crippen molar-refractivity contribution in [2.45, 2.75) is 20.0 Å². The Labute approximate surface area is 126 Å². The highest BCUT2D eigenvalue weighted by atomic mass is 16.2. The van der Waals surface area contributed by atoms with Gasteiger partial charge < -0.3 is 4.57 Å². The molecular weight excluding hydrogens is 278 g/mol. The lowest BCUT2D eigenvalue weighted by Crippen LogP contribution is -2.22. The largest absolute Gasteiger partial charge is 0.352 e. The summed E-state index contributed by atoms with van der Waals surface area (Å²) in [4.78, 5) is 17.0. The van der Waals surface area contributed by atoms with Crippen LogP contribution in [0.1, 0.15) is 12.6 Å². The molecule has 4 rings (SSSR count). The van der Waals surface area contributed by atoms with Crippen LogP contribution in [-0.4, -0.2) is 23.7 Å². The minimum atomic E-state index is -0.135. The Kier molecular flexibility index (Phi) is 2.82. The third-order valence-corrected chi connectivity index (χ3v) is 3.83. The van der Waals surface area contributed by atoms with E-state index in [4.69, 9.17) is 0 Å². The maximum absolute atomic E-state index is 12.7. The topological polar surface area (TPSA) is 57.1 Å². The molecular formula is C16H15N5O. The lowest BCUT2D eigenvalue weighted by Gasteiger charge is -2.01. The van der Waals surface area contributed by atoms with Gasteiger partial charge in [-0.05, 0) is 31.2 Å². The molecule has 0 N–H and O–H groups in total. The molecule has 22 heavy (non-hydrogen) atoms. The zero-order valence-electron chi connectivity index (χ0n) is 12.2. The Bertz CT molecular complexity index is 1010. The van der Waals surface area contributed by atoms with Crippen LogP contribution < -0.4 is 5.69 Å². The van der Waals surface area contributed by atoms with Crippen LogP contribution in [-0.2, 0) is 13.1 Å². The number of imidazole rings is 1. The predicted octanol–water partition coefficient (Wildman–Crippen LogP) is 1.91. The fourth-order valence-electron chi connectivity index (χ4n) is 2.83. The molecule has 1 aromatic carbocycles. The van der Waals surface area contributed by atoms with E-state index in [0.717, 1.165) is 23.3 Å². The number of aromatic nitrogens is 5. The van der Waals surface area contributed by atoms with Crippen molar-refractivity contribution in [3.05, 3.63) is 64.8 Å². The van der Waals surface area contributed by atoms with Crippen LogP contribution in [0.5, 0.6) is 0 Å². The lowest BCUT2D eigenvalue weighted by molar-refractivity contribution is 0.642. The quantitative estimate of drug-likeness (QED) is 0.580. The molecule has 3 aromatic heterocycles. The second kappa shape index (κ2) is 4.84. The van der Waals surface area contributed by atoms with Gasteiger partial charge in [-0.15, -0.1) is 5.10 Å². The number of nitrogens with zero attached hydrogens (tertiary/aromatic N) is 5. The first-order chi connectivity index (χ1) is 10.8. The highest BCUT2D eigenvalue weighted by Gasteiger charge is 2.16. The molecule has 0 atom stereocenters. The van der Waals surface area contributed by atoms with Crippen LogP contribution >= 0.6 is 0 Å². The third kappa shape index (κ3) is 1.77. The zero-order chi connectivity index (χ0) is 15.1. The van der Waals surface area contributed by atoms with Crippen molar-refractivity contribution in [1.82, 2.24) is 23.7 Å². The number of aryl methyl sites for hydroxylation is 1. The van der Waals surface area contributed by atoms with Gasteiger partial charge in [-0.2, -0.15) is 0 Å². The van der Waals surface area contributed by atoms with E-state index in [9.17, 15) is 4.79 Å². The molecule has 0 unspecified atom stereocenters. The number of hydrogen-bond acceptors (Lipinski definition) is 3. The Hall–Kier alpha value is -2.89. The van der Waals surface area contributed by atoms with Crippen LogP contribution in [0.2, 0.25) is 0 Å². The predicted molar refractivity (Wildman–Crippen MR) is 84.0 cm³/mol. The highest BCUT2D eigenvalue weighted by molar-refractivity contribution is 5.80. The van der Waals surface area contributed by atoms with Crippen molar-refractivity contribution in [2.75, 3.05) is 0 Å². The summed E-state index contributed by atoms with van der Waals surface area (Å²) in [6, 6.07) is 13.5. The molecule has 0 saturated heterocycles. The van der Waals surface area contributed by atoms with Gasteiger partial charge in [-0.3, -0.25) is 4.98 Å². The first-order valence-electron chi connectivity index (χ1n) is 7.26. The number of para-hydroxylation sites is 2. The molecule has 0 radical (unpaired) electrons. The van der Waals surface area contributed by atoms with E-state index in [0.29, 0.717) is 12.3 Å². The Morgan fingerprint density at radius 2 is 1.82 bits per heavy atom. The number of benzene rings is 1. The standard InChI is InChI=1S/C16H15N5O/c1-2-19-13-8-3-4-9-14(13)21-15(19)18-20(16(21)22)11-12-7-5-6-10-17-12/h3-10H,2,11H2,1H3. The molecule has 6 heteroatoms. The van der Waals surface area contributed by atoms with Crippen molar-refractivity contribution in [3.63, 3.8) is 0 Å². The van der Waals surface area contributed by atoms with E-state index in [2.05, 4.69) is 17.0 Å². The van der Waals surface area contributed by atoms with Crippen molar-refractivity contribution < 1.29 is 0 Å². The summed E-state index contributed by atoms with van der Waals surface area (Å²) < 4.78 is 5.18. The van der Waals surface area contributed by atoms with Gasteiger partial charge in [0.15, 0.2) is 0 Å². The highest BCUT2D eigenvalue weighted by Crippen LogP contribution is 2.18. The minimum Gasteiger partial charge on any atom is -0.309 e. The minimum absolute atomic E-state index is 0.135. The number of fused-ring (bicyclic) bond motifs is 3. The molecule has 0 fully saturated rings. The van der Waals surface area contributed by atoms with Gasteiger partial charge in [-0.1, -0.05) is 18.2 Å². The summed E-state index contributed by atoms with van der Waals surface area (Å²) in [6.45, 7) is 3.19. The number of pyridine rings is 1. The summed E-state index contributed by atoms with van der Waals surface area (Å²) in [5.41, 5.74) is 2.59. The Balaban J connectivity index is 1.96. The van der Waals surface area contributed by atoms with Gasteiger partial charge in [0.1, 0.15) is 0 Å². The molecule has 110 valence electrons. The maximum atomic E-state index is 12.7. The first kappa shape index (κ1) is 12.8. The van der Waals surface area contributed by atoms with Crippen LogP contribution in [0.25, 0.3) is 16.8 Å². The van der Waals surface area contributed by atoms with Gasteiger partial charge in [0.05, 0.1) is 23.3 Å². The molecule has 0 bridgehead atoms. The van der Waals surface area contributed by atoms with Crippen LogP contribution in [0.3, 0.4) is 0 Å². The molecule has 0 aliphatic carbocycles. The summed E-state index contributed by atoms with van der Waals surface area (Å²) in [5.74, 6) is 0.671. The molecule has 0 aliphatic heterocycles. The van der Waals surface area contributed by atoms with Gasteiger partial charge in [0.2, 0.25) is 5.78 Å². The summed E-state index contributed by atoms with van der Waals surface area (Å²) >= 11 is 0. The van der Waals surface area contributed by atoms with E-state index in [1.165, 1.54) is 4.68 Å². The molecule has 6 nitrogen and oxygen atoms in total. The average molecular weight is 293 g/mol. The third-order valence-electron chi connectivity index (χ3n) is 3.83. The van der Waals surface area contributed by atoms with E-state index in [-0.39, 0.29) is 5.69 Å². The van der Waals surface area contributed by atoms with Crippen molar-refractivity contribution in [3.8, 4) is 0 Å². The van der Waals surface area contributed by atoms with Crippen molar-refractivity contribution >= 4 is 16.8 Å². The molecule has 4 aromatic rings. The first-order valence-corrected chi connectivity index (χ1v) is 7.26. The monoisotopic (exact) mass is 293 g/mol. The number of rotatable bonds is 3. The van der Waals surface area contributed by atoms with Crippen LogP contribution in [0, 0.1) is 0 Å². The fourth-order valence-corrected chi connectivity index (χ4v) is 2.83. The fraction of sp³-hybridized carbons (Fsp3) is 0.188. The zero-order valence-corrected chi connectivity index (χ0v) is 12.2. The van der Waals surface area contributed by atoms with Crippen LogP contribution in [0.4, 0.5) is 0 Å². The second-order valence-electron chi connectivity index (χ2n) is 5.13. The second-order valence-corrected chi connectivity index (χ2v) is 5.13. The summed E-state index contributed by atoms with van der Waals surface area (Å²) in [6.07, 6.45) is 1.72. The Morgan fingerprint density at radius 3 is 2.55 bits per heavy atom. The molecule has 0 aliphatic rings. The molecule has 3 heterocycles. The maximum Gasteiger partial charge on any atom is 0.352 e. The van der Waals surface area contributed by atoms with Gasteiger partial charge in [0.25, 0.3) is 0 Å². The van der Waals surface area contributed by atoms with E-state index in [1.807, 2.05) is 47.0 Å². The van der Waals surface area contributed by atoms with Crippen molar-refractivity contribution in [2.24, 2.45) is 0 Å². The summed E-state index contributed by atoms with van der Waals surface area (Å²) in [7, 11) is 0. The van der Waals surface area contributed by atoms with E-state index >= 15 is 0 Å². The lowest BCUT2D eigenvalue weighted by atomic mass is 10.3. The molecule has 0 saturated carbocycles. The van der Waals surface area contributed by atoms with Gasteiger partial charge >= 0.3 is 5.69 Å². The molecule has 0 spiro atoms. The Morgan fingerprint density at radius 1 is 1.05 bits per heavy atom. The van der Waals surface area contributed by atoms with Gasteiger partial charge in [0, 0.05) is 12.7 Å². The van der Waals surface area contributed by atoms with Crippen molar-refractivity contribution in [1.29, 1.82) is 0 Å². The van der Waals surface area contributed by atoms with Gasteiger partial charge in [-0.25, -0.2) is 13.9 Å². The smallest absolute Gasteiger partial charge is 0.309 e. The summed E-state index contributed by atoms with van der Waals surface area (Å²) in [5, 5.41) is 4.51.